The van der Waals surface area contributed by atoms with Gasteiger partial charge in [0.2, 0.25) is 0 Å². The molecule has 3 aromatic rings. The molecular weight excluding hydrogens is 358 g/mol. The van der Waals surface area contributed by atoms with E-state index >= 15 is 0 Å². The lowest BCUT2D eigenvalue weighted by Gasteiger charge is -2.14. The zero-order chi connectivity index (χ0) is 20.1. The predicted octanol–water partition coefficient (Wildman–Crippen LogP) is 2.75. The van der Waals surface area contributed by atoms with Gasteiger partial charge < -0.3 is 14.8 Å². The number of hydrogen-bond donors (Lipinski definition) is 1. The van der Waals surface area contributed by atoms with Crippen LogP contribution in [0.25, 0.3) is 10.8 Å². The highest BCUT2D eigenvalue weighted by Crippen LogP contribution is 2.30. The van der Waals surface area contributed by atoms with Gasteiger partial charge >= 0.3 is 0 Å². The highest BCUT2D eigenvalue weighted by Gasteiger charge is 2.17. The molecule has 0 aliphatic rings. The van der Waals surface area contributed by atoms with Crippen molar-refractivity contribution < 1.29 is 14.3 Å². The molecule has 0 radical (unpaired) electrons. The Balaban J connectivity index is 1.94. The number of carbonyl (C=O) groups excluding carboxylic acids is 1. The molecule has 0 saturated carbocycles. The molecule has 28 heavy (non-hydrogen) atoms. The fraction of sp³-hybridized carbons (Fsp3) is 0.286. The van der Waals surface area contributed by atoms with Crippen LogP contribution in [0.2, 0.25) is 0 Å². The number of aryl methyl sites for hydroxylation is 1. The van der Waals surface area contributed by atoms with Crippen LogP contribution in [0.5, 0.6) is 11.5 Å². The normalized spacial score (nSPS) is 10.7. The van der Waals surface area contributed by atoms with Crippen LogP contribution in [0.15, 0.2) is 47.3 Å². The van der Waals surface area contributed by atoms with E-state index in [2.05, 4.69) is 10.4 Å². The average Bonchev–Trinajstić information content (AvgIpc) is 2.73. The van der Waals surface area contributed by atoms with Crippen LogP contribution in [-0.4, -0.2) is 29.9 Å². The van der Waals surface area contributed by atoms with E-state index in [-0.39, 0.29) is 23.7 Å². The van der Waals surface area contributed by atoms with Crippen molar-refractivity contribution in [1.82, 2.24) is 15.1 Å². The molecule has 3 rings (SSSR count). The van der Waals surface area contributed by atoms with Crippen molar-refractivity contribution in [3.63, 3.8) is 0 Å². The summed E-state index contributed by atoms with van der Waals surface area (Å²) in [5, 5.41) is 8.20. The fourth-order valence-corrected chi connectivity index (χ4v) is 3.12. The second-order valence-electron chi connectivity index (χ2n) is 6.26. The smallest absolute Gasteiger partial charge is 0.274 e. The van der Waals surface area contributed by atoms with E-state index in [0.717, 1.165) is 12.0 Å². The van der Waals surface area contributed by atoms with Crippen LogP contribution in [0.3, 0.4) is 0 Å². The van der Waals surface area contributed by atoms with Gasteiger partial charge in [-0.05, 0) is 18.6 Å². The number of benzene rings is 2. The highest BCUT2D eigenvalue weighted by atomic mass is 16.5. The number of fused-ring (bicyclic) bond motifs is 1. The predicted molar refractivity (Wildman–Crippen MR) is 107 cm³/mol. The van der Waals surface area contributed by atoms with Gasteiger partial charge in [-0.1, -0.05) is 37.3 Å². The number of nitrogens with one attached hydrogen (secondary N) is 1. The van der Waals surface area contributed by atoms with Crippen LogP contribution in [0.4, 0.5) is 0 Å². The molecule has 7 nitrogen and oxygen atoms in total. The SMILES string of the molecule is CCCn1nc(C(=O)NCc2cccc(OC)c2OC)c2ccccc2c1=O. The Morgan fingerprint density at radius 2 is 1.82 bits per heavy atom. The third-order valence-electron chi connectivity index (χ3n) is 4.44. The Bertz CT molecular complexity index is 1060. The molecule has 0 atom stereocenters. The Kier molecular flexibility index (Phi) is 5.93. The van der Waals surface area contributed by atoms with E-state index in [0.29, 0.717) is 28.8 Å². The summed E-state index contributed by atoms with van der Waals surface area (Å²) in [6.45, 7) is 2.65. The molecule has 1 amide bonds. The number of amides is 1. The molecule has 1 heterocycles. The first-order valence-electron chi connectivity index (χ1n) is 9.08. The molecule has 7 heteroatoms. The maximum Gasteiger partial charge on any atom is 0.274 e. The van der Waals surface area contributed by atoms with Gasteiger partial charge in [0, 0.05) is 24.0 Å². The minimum atomic E-state index is -0.356. The van der Waals surface area contributed by atoms with E-state index in [9.17, 15) is 9.59 Å². The van der Waals surface area contributed by atoms with Gasteiger partial charge in [0.25, 0.3) is 11.5 Å². The van der Waals surface area contributed by atoms with E-state index in [1.165, 1.54) is 4.68 Å². The van der Waals surface area contributed by atoms with Gasteiger partial charge in [-0.3, -0.25) is 9.59 Å². The van der Waals surface area contributed by atoms with E-state index < -0.39 is 0 Å². The van der Waals surface area contributed by atoms with Gasteiger partial charge in [0.05, 0.1) is 19.6 Å². The summed E-state index contributed by atoms with van der Waals surface area (Å²) in [5.74, 6) is 0.805. The van der Waals surface area contributed by atoms with Crippen LogP contribution < -0.4 is 20.3 Å². The zero-order valence-electron chi connectivity index (χ0n) is 16.2. The van der Waals surface area contributed by atoms with Crippen molar-refractivity contribution >= 4 is 16.7 Å². The minimum Gasteiger partial charge on any atom is -0.493 e. The molecule has 0 spiro atoms. The third kappa shape index (κ3) is 3.69. The summed E-state index contributed by atoms with van der Waals surface area (Å²) in [5.41, 5.74) is 0.815. The average molecular weight is 381 g/mol. The largest absolute Gasteiger partial charge is 0.493 e. The summed E-state index contributed by atoms with van der Waals surface area (Å²) in [6.07, 6.45) is 0.743. The monoisotopic (exact) mass is 381 g/mol. The summed E-state index contributed by atoms with van der Waals surface area (Å²) in [7, 11) is 3.12. The highest BCUT2D eigenvalue weighted by molar-refractivity contribution is 6.04. The van der Waals surface area contributed by atoms with Crippen molar-refractivity contribution in [3.05, 3.63) is 64.1 Å². The molecule has 0 aliphatic carbocycles. The summed E-state index contributed by atoms with van der Waals surface area (Å²) < 4.78 is 12.0. The van der Waals surface area contributed by atoms with Crippen molar-refractivity contribution in [2.24, 2.45) is 0 Å². The van der Waals surface area contributed by atoms with Crippen LogP contribution >= 0.6 is 0 Å². The lowest BCUT2D eigenvalue weighted by molar-refractivity contribution is 0.0945. The molecular formula is C21H23N3O4. The molecule has 1 N–H and O–H groups in total. The summed E-state index contributed by atoms with van der Waals surface area (Å²) in [6, 6.07) is 12.5. The van der Waals surface area contributed by atoms with E-state index in [1.807, 2.05) is 19.1 Å². The maximum atomic E-state index is 12.9. The summed E-state index contributed by atoms with van der Waals surface area (Å²) in [4.78, 5) is 25.5. The Morgan fingerprint density at radius 1 is 1.07 bits per heavy atom. The zero-order valence-corrected chi connectivity index (χ0v) is 16.2. The number of hydrogen-bond acceptors (Lipinski definition) is 5. The fourth-order valence-electron chi connectivity index (χ4n) is 3.12. The van der Waals surface area contributed by atoms with Gasteiger partial charge in [-0.25, -0.2) is 4.68 Å². The van der Waals surface area contributed by atoms with Gasteiger partial charge in [0.15, 0.2) is 17.2 Å². The van der Waals surface area contributed by atoms with Gasteiger partial charge in [-0.15, -0.1) is 0 Å². The lowest BCUT2D eigenvalue weighted by Crippen LogP contribution is -2.30. The Morgan fingerprint density at radius 3 is 2.50 bits per heavy atom. The van der Waals surface area contributed by atoms with Crippen LogP contribution in [0, 0.1) is 0 Å². The van der Waals surface area contributed by atoms with Gasteiger partial charge in [0.1, 0.15) is 0 Å². The minimum absolute atomic E-state index is 0.191. The van der Waals surface area contributed by atoms with Crippen molar-refractivity contribution in [3.8, 4) is 11.5 Å². The molecule has 0 aliphatic heterocycles. The molecule has 146 valence electrons. The molecule has 0 bridgehead atoms. The number of aromatic nitrogens is 2. The third-order valence-corrected chi connectivity index (χ3v) is 4.44. The summed E-state index contributed by atoms with van der Waals surface area (Å²) >= 11 is 0. The standard InChI is InChI=1S/C21H23N3O4/c1-4-12-24-21(26)16-10-6-5-9-15(16)18(23-24)20(25)22-13-14-8-7-11-17(27-2)19(14)28-3/h5-11H,4,12-13H2,1-3H3,(H,22,25). The molecule has 2 aromatic carbocycles. The number of carbonyl (C=O) groups is 1. The second-order valence-corrected chi connectivity index (χ2v) is 6.26. The molecule has 1 aromatic heterocycles. The van der Waals surface area contributed by atoms with Crippen LogP contribution in [-0.2, 0) is 13.1 Å². The number of methoxy groups -OCH3 is 2. The Hall–Kier alpha value is -3.35. The first-order valence-corrected chi connectivity index (χ1v) is 9.08. The van der Waals surface area contributed by atoms with Crippen molar-refractivity contribution in [2.45, 2.75) is 26.4 Å². The quantitative estimate of drug-likeness (QED) is 0.680. The molecule has 0 fully saturated rings. The molecule has 0 saturated heterocycles. The maximum absolute atomic E-state index is 12.9. The topological polar surface area (TPSA) is 82.5 Å². The van der Waals surface area contributed by atoms with Crippen LogP contribution in [0.1, 0.15) is 29.4 Å². The lowest BCUT2D eigenvalue weighted by atomic mass is 10.1. The number of nitrogens with zero attached hydrogens (tertiary/aromatic N) is 2. The van der Waals surface area contributed by atoms with Gasteiger partial charge in [-0.2, -0.15) is 5.10 Å². The van der Waals surface area contributed by atoms with Crippen molar-refractivity contribution in [1.29, 1.82) is 0 Å². The first-order chi connectivity index (χ1) is 13.6. The number of rotatable bonds is 7. The Labute approximate surface area is 162 Å². The van der Waals surface area contributed by atoms with Crippen molar-refractivity contribution in [2.75, 3.05) is 14.2 Å². The molecule has 0 unspecified atom stereocenters. The van der Waals surface area contributed by atoms with E-state index in [1.54, 1.807) is 44.6 Å². The second kappa shape index (κ2) is 8.56. The van der Waals surface area contributed by atoms with E-state index in [4.69, 9.17) is 9.47 Å². The first kappa shape index (κ1) is 19.4. The number of ether oxygens (including phenoxy) is 2. The number of para-hydroxylation sites is 1.